The number of hydrogen-bond acceptors (Lipinski definition) is 0. The van der Waals surface area contributed by atoms with Crippen molar-refractivity contribution < 1.29 is 0 Å². The second kappa shape index (κ2) is 13.4. The van der Waals surface area contributed by atoms with Gasteiger partial charge in [-0.3, -0.25) is 0 Å². The van der Waals surface area contributed by atoms with Crippen molar-refractivity contribution in [2.24, 2.45) is 0 Å². The highest BCUT2D eigenvalue weighted by Crippen LogP contribution is 2.42. The SMILES string of the molecule is c1ccc(-c2cc(-n3c4ccc(-c5ccccc5)cc4c4cc(-c5ccccc5)ccc43)cc(-n3c4ccccc4c4ccc5c(ccn5-c5ccccc5)c43)c2)cc1. The second-order valence-corrected chi connectivity index (χ2v) is 15.4. The van der Waals surface area contributed by atoms with E-state index >= 15 is 0 Å². The predicted octanol–water partition coefficient (Wildman–Crippen LogP) is 14.8. The van der Waals surface area contributed by atoms with Gasteiger partial charge in [0.15, 0.2) is 0 Å². The fourth-order valence-corrected chi connectivity index (χ4v) is 9.33. The lowest BCUT2D eigenvalue weighted by Crippen LogP contribution is -2.00. The zero-order chi connectivity index (χ0) is 38.9. The van der Waals surface area contributed by atoms with Crippen molar-refractivity contribution in [3.8, 4) is 50.4 Å². The molecule has 276 valence electrons. The molecule has 0 aliphatic rings. The molecule has 12 rings (SSSR count). The van der Waals surface area contributed by atoms with Crippen LogP contribution in [0.3, 0.4) is 0 Å². The van der Waals surface area contributed by atoms with E-state index in [9.17, 15) is 0 Å². The van der Waals surface area contributed by atoms with Gasteiger partial charge in [0.2, 0.25) is 0 Å². The van der Waals surface area contributed by atoms with Gasteiger partial charge < -0.3 is 13.7 Å². The number of aromatic nitrogens is 3. The van der Waals surface area contributed by atoms with E-state index < -0.39 is 0 Å². The molecular formula is C56H37N3. The highest BCUT2D eigenvalue weighted by atomic mass is 15.0. The summed E-state index contributed by atoms with van der Waals surface area (Å²) in [5.74, 6) is 0. The molecule has 12 aromatic rings. The average molecular weight is 752 g/mol. The number of rotatable bonds is 6. The lowest BCUT2D eigenvalue weighted by molar-refractivity contribution is 1.13. The molecule has 0 amide bonds. The van der Waals surface area contributed by atoms with Crippen LogP contribution in [-0.2, 0) is 0 Å². The summed E-state index contributed by atoms with van der Waals surface area (Å²) in [4.78, 5) is 0. The third kappa shape index (κ3) is 5.36. The Morgan fingerprint density at radius 1 is 0.237 bits per heavy atom. The minimum atomic E-state index is 1.11. The molecule has 0 aliphatic carbocycles. The van der Waals surface area contributed by atoms with Gasteiger partial charge in [-0.1, -0.05) is 146 Å². The highest BCUT2D eigenvalue weighted by molar-refractivity contribution is 6.18. The molecule has 0 N–H and O–H groups in total. The van der Waals surface area contributed by atoms with E-state index in [-0.39, 0.29) is 0 Å². The molecule has 0 saturated carbocycles. The van der Waals surface area contributed by atoms with Crippen molar-refractivity contribution in [3.05, 3.63) is 225 Å². The van der Waals surface area contributed by atoms with Crippen molar-refractivity contribution in [2.75, 3.05) is 0 Å². The fourth-order valence-electron chi connectivity index (χ4n) is 9.33. The molecule has 0 aliphatic heterocycles. The van der Waals surface area contributed by atoms with Gasteiger partial charge in [-0.05, 0) is 106 Å². The minimum Gasteiger partial charge on any atom is -0.316 e. The van der Waals surface area contributed by atoms with Crippen molar-refractivity contribution in [3.63, 3.8) is 0 Å². The van der Waals surface area contributed by atoms with Crippen LogP contribution in [0.15, 0.2) is 225 Å². The van der Waals surface area contributed by atoms with E-state index in [4.69, 9.17) is 0 Å². The molecule has 0 bridgehead atoms. The number of fused-ring (bicyclic) bond motifs is 8. The van der Waals surface area contributed by atoms with E-state index in [1.807, 2.05) is 0 Å². The third-order valence-electron chi connectivity index (χ3n) is 12.0. The molecule has 0 fully saturated rings. The van der Waals surface area contributed by atoms with Gasteiger partial charge in [-0.2, -0.15) is 0 Å². The van der Waals surface area contributed by atoms with Crippen molar-refractivity contribution >= 4 is 54.5 Å². The lowest BCUT2D eigenvalue weighted by Gasteiger charge is -2.16. The smallest absolute Gasteiger partial charge is 0.0635 e. The van der Waals surface area contributed by atoms with Gasteiger partial charge in [0.25, 0.3) is 0 Å². The molecule has 3 nitrogen and oxygen atoms in total. The van der Waals surface area contributed by atoms with Crippen LogP contribution >= 0.6 is 0 Å². The van der Waals surface area contributed by atoms with Crippen LogP contribution in [0, 0.1) is 0 Å². The summed E-state index contributed by atoms with van der Waals surface area (Å²) in [7, 11) is 0. The Labute approximate surface area is 341 Å². The maximum Gasteiger partial charge on any atom is 0.0635 e. The molecule has 0 atom stereocenters. The highest BCUT2D eigenvalue weighted by Gasteiger charge is 2.20. The summed E-state index contributed by atoms with van der Waals surface area (Å²) >= 11 is 0. The molecule has 3 heterocycles. The molecule has 59 heavy (non-hydrogen) atoms. The summed E-state index contributed by atoms with van der Waals surface area (Å²) in [6, 6.07) is 79.6. The van der Waals surface area contributed by atoms with Crippen LogP contribution in [0.1, 0.15) is 0 Å². The van der Waals surface area contributed by atoms with Gasteiger partial charge in [0.1, 0.15) is 0 Å². The first kappa shape index (κ1) is 33.3. The molecule has 3 heteroatoms. The Bertz CT molecular complexity index is 3420. The van der Waals surface area contributed by atoms with Crippen molar-refractivity contribution in [2.45, 2.75) is 0 Å². The third-order valence-corrected chi connectivity index (χ3v) is 12.0. The van der Waals surface area contributed by atoms with E-state index in [2.05, 4.69) is 238 Å². The Balaban J connectivity index is 1.17. The molecule has 9 aromatic carbocycles. The number of hydrogen-bond donors (Lipinski definition) is 0. The topological polar surface area (TPSA) is 14.8 Å². The first-order valence-electron chi connectivity index (χ1n) is 20.3. The van der Waals surface area contributed by atoms with Crippen molar-refractivity contribution in [1.82, 2.24) is 13.7 Å². The largest absolute Gasteiger partial charge is 0.316 e. The van der Waals surface area contributed by atoms with Gasteiger partial charge in [0.05, 0.1) is 27.6 Å². The normalized spacial score (nSPS) is 11.7. The van der Waals surface area contributed by atoms with E-state index in [0.29, 0.717) is 0 Å². The minimum absolute atomic E-state index is 1.11. The molecular weight excluding hydrogens is 715 g/mol. The zero-order valence-electron chi connectivity index (χ0n) is 32.2. The summed E-state index contributed by atoms with van der Waals surface area (Å²) in [6.45, 7) is 0. The second-order valence-electron chi connectivity index (χ2n) is 15.4. The monoisotopic (exact) mass is 751 g/mol. The molecule has 0 radical (unpaired) electrons. The summed E-state index contributed by atoms with van der Waals surface area (Å²) < 4.78 is 7.26. The molecule has 0 saturated heterocycles. The quantitative estimate of drug-likeness (QED) is 0.161. The Morgan fingerprint density at radius 2 is 0.729 bits per heavy atom. The zero-order valence-corrected chi connectivity index (χ0v) is 32.2. The first-order chi connectivity index (χ1) is 29.3. The first-order valence-corrected chi connectivity index (χ1v) is 20.3. The van der Waals surface area contributed by atoms with Crippen LogP contribution < -0.4 is 0 Å². The number of benzene rings is 9. The van der Waals surface area contributed by atoms with Gasteiger partial charge >= 0.3 is 0 Å². The average Bonchev–Trinajstić information content (AvgIpc) is 4.00. The molecule has 3 aromatic heterocycles. The number of para-hydroxylation sites is 2. The van der Waals surface area contributed by atoms with Crippen LogP contribution in [0.25, 0.3) is 105 Å². The standard InChI is InChI=1S/C56H37N3/c1-5-15-38(16-6-1)41-25-28-54-50(35-41)51-36-42(39-17-7-2-8-18-39)26-29-55(51)58(54)45-33-43(40-19-9-3-10-20-40)34-46(37-45)59-53-24-14-13-23-47(53)48-27-30-52-49(56(48)59)31-32-57(52)44-21-11-4-12-22-44/h1-37H. The summed E-state index contributed by atoms with van der Waals surface area (Å²) in [5.41, 5.74) is 16.5. The van der Waals surface area contributed by atoms with Crippen LogP contribution in [0.4, 0.5) is 0 Å². The van der Waals surface area contributed by atoms with Gasteiger partial charge in [0, 0.05) is 50.2 Å². The van der Waals surface area contributed by atoms with Crippen molar-refractivity contribution in [1.29, 1.82) is 0 Å². The molecule has 0 unspecified atom stereocenters. The predicted molar refractivity (Wildman–Crippen MR) is 248 cm³/mol. The van der Waals surface area contributed by atoms with E-state index in [1.165, 1.54) is 82.3 Å². The Morgan fingerprint density at radius 3 is 1.34 bits per heavy atom. The summed E-state index contributed by atoms with van der Waals surface area (Å²) in [5, 5.41) is 6.15. The maximum atomic E-state index is 2.49. The van der Waals surface area contributed by atoms with Crippen LogP contribution in [0.2, 0.25) is 0 Å². The Kier molecular flexibility index (Phi) is 7.54. The van der Waals surface area contributed by atoms with E-state index in [0.717, 1.165) is 22.6 Å². The molecule has 0 spiro atoms. The Hall–Kier alpha value is -7.88. The van der Waals surface area contributed by atoms with Gasteiger partial charge in [-0.25, -0.2) is 0 Å². The number of nitrogens with zero attached hydrogens (tertiary/aromatic N) is 3. The fraction of sp³-hybridized carbons (Fsp3) is 0. The summed E-state index contributed by atoms with van der Waals surface area (Å²) in [6.07, 6.45) is 2.21. The lowest BCUT2D eigenvalue weighted by atomic mass is 10.0. The van der Waals surface area contributed by atoms with Crippen LogP contribution in [-0.4, -0.2) is 13.7 Å². The maximum absolute atomic E-state index is 2.49. The van der Waals surface area contributed by atoms with Gasteiger partial charge in [-0.15, -0.1) is 0 Å². The van der Waals surface area contributed by atoms with Crippen LogP contribution in [0.5, 0.6) is 0 Å². The van der Waals surface area contributed by atoms with E-state index in [1.54, 1.807) is 0 Å².